The van der Waals surface area contributed by atoms with Crippen molar-refractivity contribution in [3.05, 3.63) is 28.5 Å². The minimum atomic E-state index is -1.05. The van der Waals surface area contributed by atoms with E-state index in [-0.39, 0.29) is 12.5 Å². The SMILES string of the molecule is CCN(CC(=O)O)C(=O)/C=C/c1c(Cl)nc2sccn12. The maximum absolute atomic E-state index is 11.9. The van der Waals surface area contributed by atoms with E-state index in [1.54, 1.807) is 23.6 Å². The molecule has 0 atom stereocenters. The lowest BCUT2D eigenvalue weighted by Gasteiger charge is -2.15. The lowest BCUT2D eigenvalue weighted by Crippen LogP contribution is -2.34. The zero-order chi connectivity index (χ0) is 14.7. The smallest absolute Gasteiger partial charge is 0.323 e. The van der Waals surface area contributed by atoms with Gasteiger partial charge in [0.1, 0.15) is 6.54 Å². The molecule has 0 radical (unpaired) electrons. The Balaban J connectivity index is 2.19. The Morgan fingerprint density at radius 2 is 2.35 bits per heavy atom. The van der Waals surface area contributed by atoms with Crippen LogP contribution in [-0.4, -0.2) is 44.4 Å². The number of fused-ring (bicyclic) bond motifs is 1. The van der Waals surface area contributed by atoms with E-state index in [4.69, 9.17) is 16.7 Å². The molecular weight excluding hydrogens is 302 g/mol. The van der Waals surface area contributed by atoms with Crippen LogP contribution in [0, 0.1) is 0 Å². The summed E-state index contributed by atoms with van der Waals surface area (Å²) in [5.41, 5.74) is 0.600. The van der Waals surface area contributed by atoms with Gasteiger partial charge in [-0.25, -0.2) is 4.98 Å². The van der Waals surface area contributed by atoms with Crippen LogP contribution in [0.25, 0.3) is 11.0 Å². The van der Waals surface area contributed by atoms with Crippen LogP contribution in [0.15, 0.2) is 17.7 Å². The molecule has 0 bridgehead atoms. The number of aromatic nitrogens is 2. The molecule has 0 aliphatic rings. The number of carbonyl (C=O) groups excluding carboxylic acids is 1. The van der Waals surface area contributed by atoms with Crippen molar-refractivity contribution < 1.29 is 14.7 Å². The molecule has 0 aliphatic heterocycles. The Labute approximate surface area is 123 Å². The van der Waals surface area contributed by atoms with E-state index in [1.165, 1.54) is 22.3 Å². The highest BCUT2D eigenvalue weighted by molar-refractivity contribution is 7.15. The number of nitrogens with zero attached hydrogens (tertiary/aromatic N) is 3. The molecule has 20 heavy (non-hydrogen) atoms. The minimum absolute atomic E-state index is 0.308. The highest BCUT2D eigenvalue weighted by Crippen LogP contribution is 2.22. The highest BCUT2D eigenvalue weighted by Gasteiger charge is 2.13. The normalized spacial score (nSPS) is 11.3. The number of halogens is 1. The summed E-state index contributed by atoms with van der Waals surface area (Å²) < 4.78 is 1.77. The van der Waals surface area contributed by atoms with Crippen LogP contribution in [0.3, 0.4) is 0 Å². The summed E-state index contributed by atoms with van der Waals surface area (Å²) in [6, 6.07) is 0. The number of carboxylic acids is 1. The average Bonchev–Trinajstić information content (AvgIpc) is 2.93. The van der Waals surface area contributed by atoms with Crippen molar-refractivity contribution in [2.75, 3.05) is 13.1 Å². The zero-order valence-electron chi connectivity index (χ0n) is 10.6. The molecular formula is C12H12ClN3O3S. The van der Waals surface area contributed by atoms with E-state index >= 15 is 0 Å². The van der Waals surface area contributed by atoms with Crippen molar-refractivity contribution >= 4 is 45.9 Å². The molecule has 0 fully saturated rings. The number of amides is 1. The van der Waals surface area contributed by atoms with Crippen molar-refractivity contribution in [2.45, 2.75) is 6.92 Å². The first-order chi connectivity index (χ1) is 9.52. The highest BCUT2D eigenvalue weighted by atomic mass is 35.5. The summed E-state index contributed by atoms with van der Waals surface area (Å²) >= 11 is 7.43. The number of carboxylic acid groups (broad SMARTS) is 1. The summed E-state index contributed by atoms with van der Waals surface area (Å²) in [6.07, 6.45) is 4.65. The molecule has 8 heteroatoms. The third-order valence-electron chi connectivity index (χ3n) is 2.66. The Hall–Kier alpha value is -1.86. The van der Waals surface area contributed by atoms with Crippen LogP contribution in [0.1, 0.15) is 12.6 Å². The fraction of sp³-hybridized carbons (Fsp3) is 0.250. The van der Waals surface area contributed by atoms with Crippen LogP contribution >= 0.6 is 22.9 Å². The van der Waals surface area contributed by atoms with Crippen molar-refractivity contribution in [2.24, 2.45) is 0 Å². The third kappa shape index (κ3) is 3.00. The van der Waals surface area contributed by atoms with E-state index in [0.29, 0.717) is 17.4 Å². The average molecular weight is 314 g/mol. The van der Waals surface area contributed by atoms with Gasteiger partial charge in [-0.1, -0.05) is 11.6 Å². The second-order valence-corrected chi connectivity index (χ2v) is 5.15. The van der Waals surface area contributed by atoms with Crippen molar-refractivity contribution in [1.82, 2.24) is 14.3 Å². The first-order valence-electron chi connectivity index (χ1n) is 5.82. The maximum Gasteiger partial charge on any atom is 0.323 e. The van der Waals surface area contributed by atoms with Gasteiger partial charge in [-0.2, -0.15) is 0 Å². The fourth-order valence-corrected chi connectivity index (χ4v) is 2.70. The molecule has 0 aliphatic carbocycles. The topological polar surface area (TPSA) is 74.9 Å². The number of rotatable bonds is 5. The number of aliphatic carboxylic acids is 1. The van der Waals surface area contributed by atoms with Crippen molar-refractivity contribution in [3.63, 3.8) is 0 Å². The molecule has 0 saturated carbocycles. The molecule has 1 N–H and O–H groups in total. The number of hydrogen-bond acceptors (Lipinski definition) is 4. The Kier molecular flexibility index (Phi) is 4.41. The zero-order valence-corrected chi connectivity index (χ0v) is 12.2. The Morgan fingerprint density at radius 1 is 1.60 bits per heavy atom. The monoisotopic (exact) mass is 313 g/mol. The lowest BCUT2D eigenvalue weighted by atomic mass is 10.3. The molecule has 0 aromatic carbocycles. The molecule has 2 heterocycles. The van der Waals surface area contributed by atoms with Crippen LogP contribution in [0.5, 0.6) is 0 Å². The van der Waals surface area contributed by atoms with Crippen molar-refractivity contribution in [3.8, 4) is 0 Å². The summed E-state index contributed by atoms with van der Waals surface area (Å²) in [6.45, 7) is 1.72. The number of carbonyl (C=O) groups is 2. The van der Waals surface area contributed by atoms with Crippen LogP contribution in [0.2, 0.25) is 5.15 Å². The van der Waals surface area contributed by atoms with Gasteiger partial charge in [0.15, 0.2) is 10.1 Å². The summed E-state index contributed by atoms with van der Waals surface area (Å²) in [5.74, 6) is -1.42. The largest absolute Gasteiger partial charge is 0.480 e. The third-order valence-corrected chi connectivity index (χ3v) is 3.69. The quantitative estimate of drug-likeness (QED) is 0.857. The second-order valence-electron chi connectivity index (χ2n) is 3.92. The molecule has 0 spiro atoms. The van der Waals surface area contributed by atoms with E-state index in [2.05, 4.69) is 4.98 Å². The van der Waals surface area contributed by atoms with Gasteiger partial charge < -0.3 is 10.0 Å². The number of thiazole rings is 1. The predicted octanol–water partition coefficient (Wildman–Crippen LogP) is 2.00. The van der Waals surface area contributed by atoms with Gasteiger partial charge in [-0.3, -0.25) is 14.0 Å². The van der Waals surface area contributed by atoms with E-state index in [9.17, 15) is 9.59 Å². The van der Waals surface area contributed by atoms with E-state index in [1.807, 2.05) is 5.38 Å². The van der Waals surface area contributed by atoms with Gasteiger partial charge in [0.2, 0.25) is 5.91 Å². The molecule has 0 unspecified atom stereocenters. The fourth-order valence-electron chi connectivity index (χ4n) is 1.69. The maximum atomic E-state index is 11.9. The molecule has 2 aromatic heterocycles. The first kappa shape index (κ1) is 14.5. The van der Waals surface area contributed by atoms with E-state index < -0.39 is 5.97 Å². The molecule has 106 valence electrons. The number of hydrogen-bond donors (Lipinski definition) is 1. The first-order valence-corrected chi connectivity index (χ1v) is 7.08. The minimum Gasteiger partial charge on any atom is -0.480 e. The Bertz CT molecular complexity index is 677. The molecule has 6 nitrogen and oxygen atoms in total. The summed E-state index contributed by atoms with van der Waals surface area (Å²) in [4.78, 5) is 28.6. The van der Waals surface area contributed by atoms with Crippen LogP contribution < -0.4 is 0 Å². The molecule has 2 rings (SSSR count). The Morgan fingerprint density at radius 3 is 3.00 bits per heavy atom. The van der Waals surface area contributed by atoms with Gasteiger partial charge in [-0.15, -0.1) is 11.3 Å². The van der Waals surface area contributed by atoms with Gasteiger partial charge >= 0.3 is 5.97 Å². The van der Waals surface area contributed by atoms with Gasteiger partial charge in [0.05, 0.1) is 5.69 Å². The summed E-state index contributed by atoms with van der Waals surface area (Å²) in [5, 5.41) is 10.9. The van der Waals surface area contributed by atoms with E-state index in [0.717, 1.165) is 4.96 Å². The van der Waals surface area contributed by atoms with Crippen LogP contribution in [-0.2, 0) is 9.59 Å². The molecule has 1 amide bonds. The second kappa shape index (κ2) is 6.06. The molecule has 2 aromatic rings. The predicted molar refractivity (Wildman–Crippen MR) is 77.0 cm³/mol. The number of imidazole rings is 1. The van der Waals surface area contributed by atoms with Gasteiger partial charge in [-0.05, 0) is 13.0 Å². The van der Waals surface area contributed by atoms with Gasteiger partial charge in [0, 0.05) is 24.2 Å². The van der Waals surface area contributed by atoms with Crippen LogP contribution in [0.4, 0.5) is 0 Å². The summed E-state index contributed by atoms with van der Waals surface area (Å²) in [7, 11) is 0. The van der Waals surface area contributed by atoms with Gasteiger partial charge in [0.25, 0.3) is 0 Å². The standard InChI is InChI=1S/C12H12ClN3O3S/c1-2-15(7-10(18)19)9(17)4-3-8-11(13)14-12-16(8)5-6-20-12/h3-6H,2,7H2,1H3,(H,18,19)/b4-3+. The number of likely N-dealkylation sites (N-methyl/N-ethyl adjacent to an activating group) is 1. The molecule has 0 saturated heterocycles. The van der Waals surface area contributed by atoms with Crippen molar-refractivity contribution in [1.29, 1.82) is 0 Å². The lowest BCUT2D eigenvalue weighted by molar-refractivity contribution is -0.142.